The first kappa shape index (κ1) is 28.9. The number of hydrogen-bond acceptors (Lipinski definition) is 7. The molecule has 2 aromatic carbocycles. The molecule has 1 heterocycles. The van der Waals surface area contributed by atoms with E-state index in [2.05, 4.69) is 25.9 Å². The number of benzene rings is 2. The minimum Gasteiger partial charge on any atom is -0.508 e. The number of nitrogens with two attached hydrogens (primary N) is 1. The molecule has 4 unspecified atom stereocenters. The van der Waals surface area contributed by atoms with Gasteiger partial charge in [0.15, 0.2) is 0 Å². The van der Waals surface area contributed by atoms with Gasteiger partial charge in [0.1, 0.15) is 23.9 Å². The van der Waals surface area contributed by atoms with Gasteiger partial charge in [-0.1, -0.05) is 42.5 Å². The molecule has 0 aliphatic carbocycles. The van der Waals surface area contributed by atoms with Crippen molar-refractivity contribution in [2.75, 3.05) is 0 Å². The monoisotopic (exact) mass is 536 g/mol. The number of aromatic hydroxyl groups is 1. The van der Waals surface area contributed by atoms with Crippen LogP contribution in [0.3, 0.4) is 0 Å². The van der Waals surface area contributed by atoms with E-state index < -0.39 is 47.9 Å². The number of carbonyl (C=O) groups excluding carboxylic acids is 3. The maximum absolute atomic E-state index is 13.2. The summed E-state index contributed by atoms with van der Waals surface area (Å²) >= 11 is 0. The molecule has 0 radical (unpaired) electrons. The predicted molar refractivity (Wildman–Crippen MR) is 141 cm³/mol. The lowest BCUT2D eigenvalue weighted by Gasteiger charge is -2.23. The predicted octanol–water partition coefficient (Wildman–Crippen LogP) is 0.0294. The number of nitrogens with zero attached hydrogens (tertiary/aromatic N) is 1. The highest BCUT2D eigenvalue weighted by atomic mass is 16.4. The van der Waals surface area contributed by atoms with Crippen molar-refractivity contribution < 1.29 is 29.4 Å². The number of amides is 3. The highest BCUT2D eigenvalue weighted by molar-refractivity contribution is 5.94. The summed E-state index contributed by atoms with van der Waals surface area (Å²) in [5.41, 5.74) is 8.06. The number of hydrogen-bond donors (Lipinski definition) is 7. The Morgan fingerprint density at radius 2 is 1.46 bits per heavy atom. The van der Waals surface area contributed by atoms with E-state index in [4.69, 9.17) is 5.73 Å². The summed E-state index contributed by atoms with van der Waals surface area (Å²) < 4.78 is 0. The van der Waals surface area contributed by atoms with Gasteiger partial charge in [-0.2, -0.15) is 0 Å². The van der Waals surface area contributed by atoms with E-state index in [1.54, 1.807) is 42.6 Å². The fourth-order valence-electron chi connectivity index (χ4n) is 3.81. The Hall–Kier alpha value is -4.71. The van der Waals surface area contributed by atoms with Gasteiger partial charge in [0.25, 0.3) is 0 Å². The second kappa shape index (κ2) is 13.7. The number of aliphatic carboxylic acids is 1. The number of aromatic nitrogens is 2. The molecule has 8 N–H and O–H groups in total. The number of phenols is 1. The molecule has 0 aliphatic rings. The van der Waals surface area contributed by atoms with Gasteiger partial charge in [0.05, 0.1) is 12.4 Å². The van der Waals surface area contributed by atoms with Crippen LogP contribution in [0.4, 0.5) is 0 Å². The third-order valence-corrected chi connectivity index (χ3v) is 5.99. The van der Waals surface area contributed by atoms with E-state index >= 15 is 0 Å². The van der Waals surface area contributed by atoms with E-state index in [1.807, 2.05) is 6.07 Å². The van der Waals surface area contributed by atoms with Crippen LogP contribution in [0, 0.1) is 0 Å². The fourth-order valence-corrected chi connectivity index (χ4v) is 3.81. The molecule has 0 aliphatic heterocycles. The molecule has 1 aromatic heterocycles. The lowest BCUT2D eigenvalue weighted by Crippen LogP contribution is -2.57. The zero-order valence-corrected chi connectivity index (χ0v) is 21.3. The molecule has 3 aromatic rings. The van der Waals surface area contributed by atoms with Crippen molar-refractivity contribution in [3.05, 3.63) is 83.9 Å². The molecule has 0 spiro atoms. The number of aromatic amines is 1. The standard InChI is InChI=1S/C27H32N6O6/c1-16(24(35)33-23(27(38)39)12-18-7-9-20(34)10-8-18)31-26(37)22(11-17-5-3-2-4-6-17)32-25(36)21(28)13-19-14-29-15-30-19/h2-10,14-16,21-23,34H,11-13,28H2,1H3,(H,29,30)(H,31,37)(H,32,36)(H,33,35)(H,38,39). The Kier molecular flexibility index (Phi) is 10.2. The van der Waals surface area contributed by atoms with Crippen LogP contribution < -0.4 is 21.7 Å². The maximum Gasteiger partial charge on any atom is 0.326 e. The smallest absolute Gasteiger partial charge is 0.326 e. The zero-order chi connectivity index (χ0) is 28.4. The van der Waals surface area contributed by atoms with Crippen molar-refractivity contribution >= 4 is 23.7 Å². The molecule has 3 rings (SSSR count). The van der Waals surface area contributed by atoms with Crippen LogP contribution in [-0.4, -0.2) is 68.0 Å². The maximum atomic E-state index is 13.2. The molecule has 39 heavy (non-hydrogen) atoms. The third kappa shape index (κ3) is 8.97. The van der Waals surface area contributed by atoms with Gasteiger partial charge in [-0.25, -0.2) is 9.78 Å². The summed E-state index contributed by atoms with van der Waals surface area (Å²) in [7, 11) is 0. The molecule has 0 fully saturated rings. The second-order valence-electron chi connectivity index (χ2n) is 9.14. The van der Waals surface area contributed by atoms with Crippen LogP contribution in [0.15, 0.2) is 67.1 Å². The molecule has 0 saturated carbocycles. The topological polar surface area (TPSA) is 200 Å². The number of carboxylic acids is 1. The number of carbonyl (C=O) groups is 4. The molecule has 12 heteroatoms. The van der Waals surface area contributed by atoms with Crippen molar-refractivity contribution in [3.8, 4) is 5.75 Å². The van der Waals surface area contributed by atoms with Gasteiger partial charge < -0.3 is 36.9 Å². The molecule has 3 amide bonds. The van der Waals surface area contributed by atoms with Crippen molar-refractivity contribution in [2.24, 2.45) is 5.73 Å². The Balaban J connectivity index is 1.65. The van der Waals surface area contributed by atoms with Gasteiger partial charge >= 0.3 is 5.97 Å². The number of carboxylic acid groups (broad SMARTS) is 1. The number of phenolic OH excluding ortho intramolecular Hbond substituents is 1. The lowest BCUT2D eigenvalue weighted by atomic mass is 10.0. The minimum absolute atomic E-state index is 0.0249. The quantitative estimate of drug-likeness (QED) is 0.159. The molecular weight excluding hydrogens is 504 g/mol. The highest BCUT2D eigenvalue weighted by Gasteiger charge is 2.29. The van der Waals surface area contributed by atoms with Crippen LogP contribution in [0.5, 0.6) is 5.75 Å². The van der Waals surface area contributed by atoms with Gasteiger partial charge in [-0.05, 0) is 30.2 Å². The van der Waals surface area contributed by atoms with Gasteiger partial charge in [0.2, 0.25) is 17.7 Å². The van der Waals surface area contributed by atoms with Crippen LogP contribution in [-0.2, 0) is 38.4 Å². The summed E-state index contributed by atoms with van der Waals surface area (Å²) in [6.07, 6.45) is 3.32. The van der Waals surface area contributed by atoms with E-state index in [9.17, 15) is 29.4 Å². The Labute approximate surface area is 225 Å². The van der Waals surface area contributed by atoms with Crippen molar-refractivity contribution in [1.82, 2.24) is 25.9 Å². The minimum atomic E-state index is -1.26. The van der Waals surface area contributed by atoms with Crippen LogP contribution in [0.2, 0.25) is 0 Å². The van der Waals surface area contributed by atoms with Crippen LogP contribution >= 0.6 is 0 Å². The summed E-state index contributed by atoms with van der Waals surface area (Å²) in [5, 5.41) is 26.6. The lowest BCUT2D eigenvalue weighted by molar-refractivity contribution is -0.142. The van der Waals surface area contributed by atoms with E-state index in [-0.39, 0.29) is 25.0 Å². The molecule has 206 valence electrons. The fraction of sp³-hybridized carbons (Fsp3) is 0.296. The van der Waals surface area contributed by atoms with Crippen LogP contribution in [0.25, 0.3) is 0 Å². The average Bonchev–Trinajstić information content (AvgIpc) is 3.42. The highest BCUT2D eigenvalue weighted by Crippen LogP contribution is 2.12. The number of rotatable bonds is 13. The second-order valence-corrected chi connectivity index (χ2v) is 9.14. The first-order valence-corrected chi connectivity index (χ1v) is 12.3. The molecule has 4 atom stereocenters. The van der Waals surface area contributed by atoms with E-state index in [0.717, 1.165) is 5.56 Å². The number of nitrogens with one attached hydrogen (secondary N) is 4. The summed E-state index contributed by atoms with van der Waals surface area (Å²) in [6, 6.07) is 10.6. The number of imidazole rings is 1. The molecular formula is C27H32N6O6. The normalized spacial score (nSPS) is 13.9. The Morgan fingerprint density at radius 1 is 0.846 bits per heavy atom. The number of H-pyrrole nitrogens is 1. The van der Waals surface area contributed by atoms with Gasteiger partial charge in [0, 0.05) is 31.2 Å². The van der Waals surface area contributed by atoms with E-state index in [0.29, 0.717) is 11.3 Å². The average molecular weight is 537 g/mol. The first-order valence-electron chi connectivity index (χ1n) is 12.3. The molecule has 0 bridgehead atoms. The third-order valence-electron chi connectivity index (χ3n) is 5.99. The van der Waals surface area contributed by atoms with Crippen molar-refractivity contribution in [1.29, 1.82) is 0 Å². The van der Waals surface area contributed by atoms with Crippen LogP contribution in [0.1, 0.15) is 23.7 Å². The van der Waals surface area contributed by atoms with Gasteiger partial charge in [-0.15, -0.1) is 0 Å². The van der Waals surface area contributed by atoms with Crippen molar-refractivity contribution in [3.63, 3.8) is 0 Å². The zero-order valence-electron chi connectivity index (χ0n) is 21.3. The molecule has 12 nitrogen and oxygen atoms in total. The SMILES string of the molecule is CC(NC(=O)C(Cc1ccccc1)NC(=O)C(N)Cc1cnc[nH]1)C(=O)NC(Cc1ccc(O)cc1)C(=O)O. The largest absolute Gasteiger partial charge is 0.508 e. The Bertz CT molecular complexity index is 1250. The summed E-state index contributed by atoms with van der Waals surface area (Å²) in [4.78, 5) is 57.3. The first-order chi connectivity index (χ1) is 18.6. The van der Waals surface area contributed by atoms with Crippen molar-refractivity contribution in [2.45, 2.75) is 50.4 Å². The Morgan fingerprint density at radius 3 is 2.08 bits per heavy atom. The summed E-state index contributed by atoms with van der Waals surface area (Å²) in [5.74, 6) is -3.12. The van der Waals surface area contributed by atoms with Gasteiger partial charge in [-0.3, -0.25) is 14.4 Å². The summed E-state index contributed by atoms with van der Waals surface area (Å²) in [6.45, 7) is 1.41. The van der Waals surface area contributed by atoms with E-state index in [1.165, 1.54) is 25.4 Å². The molecule has 0 saturated heterocycles.